The number of ether oxygens (including phenoxy) is 2. The second-order valence-electron chi connectivity index (χ2n) is 12.4. The molecule has 0 aromatic heterocycles. The minimum Gasteiger partial charge on any atom is -0.449 e. The van der Waals surface area contributed by atoms with Crippen LogP contribution in [0.15, 0.2) is 182 Å². The maximum atomic E-state index is 14.3. The summed E-state index contributed by atoms with van der Waals surface area (Å²) in [6, 6.07) is 57.1. The van der Waals surface area contributed by atoms with Gasteiger partial charge in [-0.3, -0.25) is 0 Å². The lowest BCUT2D eigenvalue weighted by Crippen LogP contribution is -2.14. The zero-order chi connectivity index (χ0) is 35.0. The van der Waals surface area contributed by atoms with E-state index in [0.717, 1.165) is 56.0 Å². The first kappa shape index (κ1) is 31.1. The standard InChI is InChI=1S/C46H30F2N2O2/c47-32-21-27-37(28-22-32)49(34-11-3-1-4-12-34)36-25-19-31(20-26-36)43-39-15-7-8-16-40(39)44(46-45(43)51-41-17-9-10-18-42(41)52-46)50(35-13-5-2-6-14-35)38-29-23-33(48)24-30-38/h1-30H. The molecule has 0 unspecified atom stereocenters. The molecule has 0 aliphatic carbocycles. The van der Waals surface area contributed by atoms with E-state index in [0.29, 0.717) is 23.0 Å². The number of fused-ring (bicyclic) bond motifs is 3. The Morgan fingerprint density at radius 3 is 1.31 bits per heavy atom. The minimum absolute atomic E-state index is 0.291. The van der Waals surface area contributed by atoms with E-state index in [4.69, 9.17) is 9.47 Å². The van der Waals surface area contributed by atoms with Crippen molar-refractivity contribution in [2.45, 2.75) is 0 Å². The monoisotopic (exact) mass is 680 g/mol. The van der Waals surface area contributed by atoms with Gasteiger partial charge in [-0.05, 0) is 108 Å². The largest absolute Gasteiger partial charge is 0.449 e. The summed E-state index contributed by atoms with van der Waals surface area (Å²) in [5.41, 5.74) is 6.90. The first-order chi connectivity index (χ1) is 25.6. The van der Waals surface area contributed by atoms with Gasteiger partial charge in [0.05, 0.1) is 0 Å². The molecule has 0 spiro atoms. The molecule has 0 saturated heterocycles. The van der Waals surface area contributed by atoms with Crippen molar-refractivity contribution in [2.75, 3.05) is 9.80 Å². The van der Waals surface area contributed by atoms with Gasteiger partial charge >= 0.3 is 0 Å². The molecule has 0 atom stereocenters. The minimum atomic E-state index is -0.318. The molecule has 1 heterocycles. The Balaban J connectivity index is 1.27. The molecule has 0 N–H and O–H groups in total. The number of anilines is 6. The van der Waals surface area contributed by atoms with Crippen molar-refractivity contribution >= 4 is 44.9 Å². The van der Waals surface area contributed by atoms with Crippen LogP contribution in [0.5, 0.6) is 23.0 Å². The Bertz CT molecular complexity index is 2520. The first-order valence-corrected chi connectivity index (χ1v) is 17.0. The third kappa shape index (κ3) is 5.56. The molecule has 6 heteroatoms. The van der Waals surface area contributed by atoms with E-state index in [-0.39, 0.29) is 11.6 Å². The number of rotatable bonds is 7. The molecule has 1 aliphatic rings. The molecule has 8 aromatic rings. The summed E-state index contributed by atoms with van der Waals surface area (Å²) in [4.78, 5) is 4.18. The van der Waals surface area contributed by atoms with Crippen LogP contribution in [0.1, 0.15) is 0 Å². The van der Waals surface area contributed by atoms with Crippen molar-refractivity contribution in [2.24, 2.45) is 0 Å². The van der Waals surface area contributed by atoms with Crippen LogP contribution < -0.4 is 19.3 Å². The van der Waals surface area contributed by atoms with Crippen LogP contribution in [0.2, 0.25) is 0 Å². The van der Waals surface area contributed by atoms with Crippen LogP contribution in [0.4, 0.5) is 42.9 Å². The quantitative estimate of drug-likeness (QED) is 0.167. The van der Waals surface area contributed by atoms with Crippen LogP contribution in [0.25, 0.3) is 21.9 Å². The second kappa shape index (κ2) is 13.1. The molecule has 52 heavy (non-hydrogen) atoms. The Morgan fingerprint density at radius 1 is 0.346 bits per heavy atom. The summed E-state index contributed by atoms with van der Waals surface area (Å²) in [6.45, 7) is 0. The van der Waals surface area contributed by atoms with Crippen molar-refractivity contribution in [3.8, 4) is 34.1 Å². The fourth-order valence-corrected chi connectivity index (χ4v) is 6.88. The van der Waals surface area contributed by atoms with E-state index in [1.165, 1.54) is 24.3 Å². The SMILES string of the molecule is Fc1ccc(N(c2ccccc2)c2ccc(-c3c4c(c(N(c5ccccc5)c5ccc(F)cc5)c5ccccc35)Oc3ccccc3O4)cc2)cc1. The van der Waals surface area contributed by atoms with E-state index in [1.54, 1.807) is 24.3 Å². The lowest BCUT2D eigenvalue weighted by atomic mass is 9.93. The molecule has 1 aliphatic heterocycles. The van der Waals surface area contributed by atoms with Crippen molar-refractivity contribution in [3.63, 3.8) is 0 Å². The number of halogens is 2. The molecule has 9 rings (SSSR count). The molecule has 250 valence electrons. The highest BCUT2D eigenvalue weighted by atomic mass is 19.1. The second-order valence-corrected chi connectivity index (χ2v) is 12.4. The Kier molecular flexibility index (Phi) is 7.82. The van der Waals surface area contributed by atoms with Crippen LogP contribution in [0.3, 0.4) is 0 Å². The van der Waals surface area contributed by atoms with Gasteiger partial charge in [-0.2, -0.15) is 0 Å². The Morgan fingerprint density at radius 2 is 0.750 bits per heavy atom. The zero-order valence-corrected chi connectivity index (χ0v) is 27.8. The van der Waals surface area contributed by atoms with Gasteiger partial charge in [0.15, 0.2) is 23.0 Å². The van der Waals surface area contributed by atoms with E-state index in [9.17, 15) is 8.78 Å². The predicted octanol–water partition coefficient (Wildman–Crippen LogP) is 13.6. The van der Waals surface area contributed by atoms with Gasteiger partial charge < -0.3 is 19.3 Å². The molecule has 4 nitrogen and oxygen atoms in total. The van der Waals surface area contributed by atoms with Crippen LogP contribution in [-0.4, -0.2) is 0 Å². The highest BCUT2D eigenvalue weighted by molar-refractivity contribution is 6.12. The third-order valence-corrected chi connectivity index (χ3v) is 9.21. The fourth-order valence-electron chi connectivity index (χ4n) is 6.88. The highest BCUT2D eigenvalue weighted by Gasteiger charge is 2.32. The summed E-state index contributed by atoms with van der Waals surface area (Å²) in [5, 5.41) is 1.88. The normalized spacial score (nSPS) is 11.6. The van der Waals surface area contributed by atoms with E-state index in [1.807, 2.05) is 97.1 Å². The van der Waals surface area contributed by atoms with Gasteiger partial charge in [-0.25, -0.2) is 8.78 Å². The molecule has 0 fully saturated rings. The number of hydrogen-bond donors (Lipinski definition) is 0. The number of hydrogen-bond acceptors (Lipinski definition) is 4. The summed E-state index contributed by atoms with van der Waals surface area (Å²) < 4.78 is 41.9. The molecule has 0 saturated carbocycles. The van der Waals surface area contributed by atoms with Crippen LogP contribution >= 0.6 is 0 Å². The fraction of sp³-hybridized carbons (Fsp3) is 0. The number of para-hydroxylation sites is 4. The third-order valence-electron chi connectivity index (χ3n) is 9.21. The van der Waals surface area contributed by atoms with Crippen LogP contribution in [-0.2, 0) is 0 Å². The zero-order valence-electron chi connectivity index (χ0n) is 27.8. The lowest BCUT2D eigenvalue weighted by molar-refractivity contribution is 0.362. The molecular weight excluding hydrogens is 651 g/mol. The maximum absolute atomic E-state index is 14.3. The molecule has 8 aromatic carbocycles. The molecule has 0 radical (unpaired) electrons. The smallest absolute Gasteiger partial charge is 0.195 e. The number of nitrogens with zero attached hydrogens (tertiary/aromatic N) is 2. The van der Waals surface area contributed by atoms with Gasteiger partial charge in [0.2, 0.25) is 0 Å². The van der Waals surface area contributed by atoms with E-state index in [2.05, 4.69) is 46.2 Å². The molecule has 0 amide bonds. The summed E-state index contributed by atoms with van der Waals surface area (Å²) in [6.07, 6.45) is 0. The summed E-state index contributed by atoms with van der Waals surface area (Å²) in [5.74, 6) is 1.71. The van der Waals surface area contributed by atoms with Crippen molar-refractivity contribution in [1.29, 1.82) is 0 Å². The molecule has 0 bridgehead atoms. The van der Waals surface area contributed by atoms with E-state index < -0.39 is 0 Å². The topological polar surface area (TPSA) is 24.9 Å². The van der Waals surface area contributed by atoms with Gasteiger partial charge in [0.1, 0.15) is 17.3 Å². The summed E-state index contributed by atoms with van der Waals surface area (Å²) in [7, 11) is 0. The first-order valence-electron chi connectivity index (χ1n) is 17.0. The lowest BCUT2D eigenvalue weighted by Gasteiger charge is -2.33. The van der Waals surface area contributed by atoms with Gasteiger partial charge in [-0.15, -0.1) is 0 Å². The maximum Gasteiger partial charge on any atom is 0.195 e. The Hall–Kier alpha value is -6.92. The highest BCUT2D eigenvalue weighted by Crippen LogP contribution is 2.59. The number of benzene rings is 8. The van der Waals surface area contributed by atoms with E-state index >= 15 is 0 Å². The van der Waals surface area contributed by atoms with Gasteiger partial charge in [0.25, 0.3) is 0 Å². The van der Waals surface area contributed by atoms with Gasteiger partial charge in [-0.1, -0.05) is 84.9 Å². The average Bonchev–Trinajstić information content (AvgIpc) is 3.20. The predicted molar refractivity (Wildman–Crippen MR) is 205 cm³/mol. The van der Waals surface area contributed by atoms with Crippen LogP contribution in [0, 0.1) is 11.6 Å². The Labute approximate surface area is 300 Å². The summed E-state index contributed by atoms with van der Waals surface area (Å²) >= 11 is 0. The molecular formula is C46H30F2N2O2. The van der Waals surface area contributed by atoms with Crippen molar-refractivity contribution in [3.05, 3.63) is 194 Å². The average molecular weight is 681 g/mol. The van der Waals surface area contributed by atoms with Crippen molar-refractivity contribution in [1.82, 2.24) is 0 Å². The van der Waals surface area contributed by atoms with Crippen molar-refractivity contribution < 1.29 is 18.3 Å². The van der Waals surface area contributed by atoms with Gasteiger partial charge in [0, 0.05) is 39.4 Å².